The maximum Gasteiger partial charge on any atom is 0.412 e. The van der Waals surface area contributed by atoms with Crippen molar-refractivity contribution in [2.75, 3.05) is 19.6 Å². The molecule has 0 aromatic carbocycles. The lowest BCUT2D eigenvalue weighted by Crippen LogP contribution is -2.45. The van der Waals surface area contributed by atoms with Crippen molar-refractivity contribution in [2.24, 2.45) is 0 Å². The fraction of sp³-hybridized carbons (Fsp3) is 0.727. The van der Waals surface area contributed by atoms with Gasteiger partial charge in [0.2, 0.25) is 5.91 Å². The molecule has 17 heavy (non-hydrogen) atoms. The summed E-state index contributed by atoms with van der Waals surface area (Å²) in [4.78, 5) is 13.4. The zero-order valence-electron chi connectivity index (χ0n) is 9.39. The zero-order valence-corrected chi connectivity index (χ0v) is 9.39. The van der Waals surface area contributed by atoms with Crippen LogP contribution in [0.25, 0.3) is 0 Å². The first-order valence-corrected chi connectivity index (χ1v) is 5.77. The Bertz CT molecular complexity index is 332. The summed E-state index contributed by atoms with van der Waals surface area (Å²) in [7, 11) is 0. The molecule has 1 fully saturated rings. The highest BCUT2D eigenvalue weighted by Gasteiger charge is 2.36. The van der Waals surface area contributed by atoms with E-state index in [1.807, 2.05) is 0 Å². The van der Waals surface area contributed by atoms with E-state index in [1.54, 1.807) is 0 Å². The van der Waals surface area contributed by atoms with Gasteiger partial charge in [-0.15, -0.1) is 0 Å². The average Bonchev–Trinajstić information content (AvgIpc) is 2.80. The van der Waals surface area contributed by atoms with Crippen LogP contribution in [0.3, 0.4) is 0 Å². The lowest BCUT2D eigenvalue weighted by molar-refractivity contribution is -0.134. The summed E-state index contributed by atoms with van der Waals surface area (Å²) in [5, 5.41) is 3.06. The Morgan fingerprint density at radius 2 is 2.24 bits per heavy atom. The van der Waals surface area contributed by atoms with Crippen LogP contribution in [-0.4, -0.2) is 42.7 Å². The number of rotatable bonds is 1. The molecule has 6 heteroatoms. The highest BCUT2D eigenvalue weighted by atomic mass is 19.4. The Balaban J connectivity index is 1.94. The minimum atomic E-state index is -4.25. The fourth-order valence-corrected chi connectivity index (χ4v) is 2.24. The first-order valence-electron chi connectivity index (χ1n) is 5.77. The van der Waals surface area contributed by atoms with Crippen LogP contribution >= 0.6 is 0 Å². The van der Waals surface area contributed by atoms with Crippen molar-refractivity contribution in [1.29, 1.82) is 0 Å². The third-order valence-corrected chi connectivity index (χ3v) is 3.24. The molecule has 1 N–H and O–H groups in total. The molecule has 96 valence electrons. The van der Waals surface area contributed by atoms with E-state index >= 15 is 0 Å². The lowest BCUT2D eigenvalue weighted by Gasteiger charge is -2.29. The molecule has 0 spiro atoms. The summed E-state index contributed by atoms with van der Waals surface area (Å²) in [6.45, 7) is 1.06. The maximum atomic E-state index is 12.4. The van der Waals surface area contributed by atoms with Crippen molar-refractivity contribution in [1.82, 2.24) is 10.2 Å². The van der Waals surface area contributed by atoms with Crippen LogP contribution in [0.1, 0.15) is 19.3 Å². The third kappa shape index (κ3) is 2.80. The van der Waals surface area contributed by atoms with Crippen molar-refractivity contribution in [3.8, 4) is 0 Å². The second-order valence-electron chi connectivity index (χ2n) is 4.41. The third-order valence-electron chi connectivity index (χ3n) is 3.24. The van der Waals surface area contributed by atoms with Crippen molar-refractivity contribution < 1.29 is 18.0 Å². The summed E-state index contributed by atoms with van der Waals surface area (Å²) in [6.07, 6.45) is -1.49. The second kappa shape index (κ2) is 4.68. The Morgan fingerprint density at radius 1 is 1.47 bits per heavy atom. The maximum absolute atomic E-state index is 12.4. The second-order valence-corrected chi connectivity index (χ2v) is 4.41. The van der Waals surface area contributed by atoms with Gasteiger partial charge in [-0.25, -0.2) is 0 Å². The van der Waals surface area contributed by atoms with Crippen LogP contribution in [0.4, 0.5) is 13.2 Å². The van der Waals surface area contributed by atoms with Crippen molar-refractivity contribution in [3.05, 3.63) is 11.6 Å². The minimum absolute atomic E-state index is 0.0695. The molecule has 1 saturated heterocycles. The predicted molar refractivity (Wildman–Crippen MR) is 56.4 cm³/mol. The molecule has 3 nitrogen and oxygen atoms in total. The normalized spacial score (nSPS) is 25.9. The molecular weight excluding hydrogens is 233 g/mol. The van der Waals surface area contributed by atoms with Gasteiger partial charge in [-0.1, -0.05) is 6.08 Å². The van der Waals surface area contributed by atoms with Crippen LogP contribution in [0.5, 0.6) is 0 Å². The lowest BCUT2D eigenvalue weighted by atomic mass is 10.1. The van der Waals surface area contributed by atoms with Crippen molar-refractivity contribution in [2.45, 2.75) is 31.5 Å². The summed E-state index contributed by atoms with van der Waals surface area (Å²) >= 11 is 0. The van der Waals surface area contributed by atoms with E-state index in [0.29, 0.717) is 0 Å². The largest absolute Gasteiger partial charge is 0.412 e. The Hall–Kier alpha value is -1.04. The average molecular weight is 248 g/mol. The summed E-state index contributed by atoms with van der Waals surface area (Å²) in [5.74, 6) is -0.0695. The monoisotopic (exact) mass is 248 g/mol. The van der Waals surface area contributed by atoms with Crippen LogP contribution in [0.2, 0.25) is 0 Å². The van der Waals surface area contributed by atoms with Gasteiger partial charge in [-0.05, 0) is 25.8 Å². The molecule has 0 aromatic rings. The molecule has 1 unspecified atom stereocenters. The van der Waals surface area contributed by atoms with Gasteiger partial charge in [0.25, 0.3) is 0 Å². The van der Waals surface area contributed by atoms with E-state index in [0.717, 1.165) is 25.5 Å². The minimum Gasteiger partial charge on any atom is -0.337 e. The smallest absolute Gasteiger partial charge is 0.337 e. The first-order chi connectivity index (χ1) is 7.98. The zero-order chi connectivity index (χ0) is 12.5. The highest BCUT2D eigenvalue weighted by Crippen LogP contribution is 2.30. The molecule has 2 rings (SSSR count). The number of alkyl halides is 3. The van der Waals surface area contributed by atoms with E-state index in [1.165, 1.54) is 4.90 Å². The SMILES string of the molecule is O=C(C1CCCN1)N1CC=C(C(F)(F)F)CC1. The number of hydrogen-bond donors (Lipinski definition) is 1. The van der Waals surface area contributed by atoms with Gasteiger partial charge in [0.05, 0.1) is 6.04 Å². The van der Waals surface area contributed by atoms with Gasteiger partial charge in [0, 0.05) is 18.7 Å². The van der Waals surface area contributed by atoms with E-state index in [4.69, 9.17) is 0 Å². The van der Waals surface area contributed by atoms with Gasteiger partial charge in [-0.3, -0.25) is 4.79 Å². The quantitative estimate of drug-likeness (QED) is 0.712. The summed E-state index contributed by atoms with van der Waals surface area (Å²) in [6, 6.07) is -0.198. The topological polar surface area (TPSA) is 32.3 Å². The number of carbonyl (C=O) groups is 1. The van der Waals surface area contributed by atoms with E-state index in [9.17, 15) is 18.0 Å². The number of nitrogens with zero attached hydrogens (tertiary/aromatic N) is 1. The van der Waals surface area contributed by atoms with Crippen LogP contribution in [0, 0.1) is 0 Å². The van der Waals surface area contributed by atoms with Gasteiger partial charge in [0.15, 0.2) is 0 Å². The van der Waals surface area contributed by atoms with Crippen LogP contribution in [0.15, 0.2) is 11.6 Å². The first kappa shape index (κ1) is 12.4. The Labute approximate surface area is 97.7 Å². The summed E-state index contributed by atoms with van der Waals surface area (Å²) in [5.41, 5.74) is -0.513. The van der Waals surface area contributed by atoms with Crippen LogP contribution in [-0.2, 0) is 4.79 Å². The van der Waals surface area contributed by atoms with Crippen molar-refractivity contribution >= 4 is 5.91 Å². The van der Waals surface area contributed by atoms with Gasteiger partial charge >= 0.3 is 6.18 Å². The molecule has 0 bridgehead atoms. The van der Waals surface area contributed by atoms with Gasteiger partial charge < -0.3 is 10.2 Å². The molecule has 2 aliphatic heterocycles. The van der Waals surface area contributed by atoms with Gasteiger partial charge in [-0.2, -0.15) is 13.2 Å². The molecule has 0 aliphatic carbocycles. The molecule has 0 saturated carbocycles. The molecule has 1 atom stereocenters. The number of halogens is 3. The number of amides is 1. The van der Waals surface area contributed by atoms with E-state index in [2.05, 4.69) is 5.32 Å². The molecule has 2 heterocycles. The molecule has 0 radical (unpaired) electrons. The van der Waals surface area contributed by atoms with Crippen LogP contribution < -0.4 is 5.32 Å². The predicted octanol–water partition coefficient (Wildman–Crippen LogP) is 1.46. The Kier molecular flexibility index (Phi) is 3.42. The molecule has 1 amide bonds. The van der Waals surface area contributed by atoms with Crippen molar-refractivity contribution in [3.63, 3.8) is 0 Å². The highest BCUT2D eigenvalue weighted by molar-refractivity contribution is 5.82. The van der Waals surface area contributed by atoms with Gasteiger partial charge in [0.1, 0.15) is 0 Å². The number of nitrogens with one attached hydrogen (secondary N) is 1. The standard InChI is InChI=1S/C11H15F3N2O/c12-11(13,14)8-3-6-16(7-4-8)10(17)9-2-1-5-15-9/h3,9,15H,1-2,4-7H2. The molecule has 0 aromatic heterocycles. The van der Waals surface area contributed by atoms with E-state index in [-0.39, 0.29) is 31.5 Å². The Morgan fingerprint density at radius 3 is 2.71 bits per heavy atom. The van der Waals surface area contributed by atoms with E-state index < -0.39 is 11.7 Å². The molecule has 2 aliphatic rings. The molecular formula is C11H15F3N2O. The summed E-state index contributed by atoms with van der Waals surface area (Å²) < 4.78 is 37.2. The number of hydrogen-bond acceptors (Lipinski definition) is 2. The fourth-order valence-electron chi connectivity index (χ4n) is 2.24. The number of carbonyl (C=O) groups excluding carboxylic acids is 1.